The van der Waals surface area contributed by atoms with Crippen LogP contribution in [0.3, 0.4) is 0 Å². The maximum absolute atomic E-state index is 13.3. The van der Waals surface area contributed by atoms with Crippen LogP contribution >= 0.6 is 0 Å². The summed E-state index contributed by atoms with van der Waals surface area (Å²) in [7, 11) is 3.10. The molecule has 2 N–H and O–H groups in total. The summed E-state index contributed by atoms with van der Waals surface area (Å²) >= 11 is 0. The summed E-state index contributed by atoms with van der Waals surface area (Å²) in [6, 6.07) is 27.7. The molecule has 1 fully saturated rings. The van der Waals surface area contributed by atoms with E-state index in [0.29, 0.717) is 50.9 Å². The zero-order valence-electron chi connectivity index (χ0n) is 29.1. The number of rotatable bonds is 15. The number of carbonyl (C=O) groups excluding carboxylic acids is 3. The molecule has 1 saturated carbocycles. The number of hydrogen-bond acceptors (Lipinski definition) is 9. The number of aromatic nitrogens is 1. The molecule has 1 aliphatic rings. The Hall–Kier alpha value is -6.10. The molecule has 52 heavy (non-hydrogen) atoms. The van der Waals surface area contributed by atoms with Crippen molar-refractivity contribution in [3.05, 3.63) is 114 Å². The van der Waals surface area contributed by atoms with Crippen LogP contribution in [-0.4, -0.2) is 55.7 Å². The van der Waals surface area contributed by atoms with Gasteiger partial charge in [0.05, 0.1) is 32.8 Å². The van der Waals surface area contributed by atoms with Gasteiger partial charge in [-0.1, -0.05) is 30.3 Å². The standard InChI is InChI=1S/C41H41N3O8/c1-48-32-14-8-9-27(23-32)24-39(45)44-34(41(47)52-30-12-6-7-13-30)20-22-50-38-26-35-33(25-37(38)49-2)36(19-21-42-35)51-31-17-15-29(16-18-31)43-40(46)28-10-4-3-5-11-28/h3-5,8-11,14-19,21,23,25-26,30,34H,6-7,12-13,20,22,24H2,1-2H3,(H,43,46)(H,44,45). The number of hydrogen-bond donors (Lipinski definition) is 2. The van der Waals surface area contributed by atoms with Crippen molar-refractivity contribution < 1.29 is 38.1 Å². The minimum absolute atomic E-state index is 0.0782. The lowest BCUT2D eigenvalue weighted by Crippen LogP contribution is -2.44. The van der Waals surface area contributed by atoms with Crippen molar-refractivity contribution >= 4 is 34.4 Å². The number of benzene rings is 4. The minimum atomic E-state index is -0.902. The molecule has 0 radical (unpaired) electrons. The summed E-state index contributed by atoms with van der Waals surface area (Å²) in [6.07, 6.45) is 5.40. The molecule has 2 amide bonds. The van der Waals surface area contributed by atoms with Gasteiger partial charge in [0.1, 0.15) is 29.4 Å². The zero-order valence-corrected chi connectivity index (χ0v) is 29.1. The van der Waals surface area contributed by atoms with E-state index < -0.39 is 12.0 Å². The first-order valence-corrected chi connectivity index (χ1v) is 17.2. The van der Waals surface area contributed by atoms with E-state index >= 15 is 0 Å². The lowest BCUT2D eigenvalue weighted by Gasteiger charge is -2.21. The SMILES string of the molecule is COc1cccc(CC(=O)NC(CCOc2cc3nccc(Oc4ccc(NC(=O)c5ccccc5)cc4)c3cc2OC)C(=O)OC2CCCC2)c1. The van der Waals surface area contributed by atoms with Crippen LogP contribution in [0.1, 0.15) is 48.0 Å². The molecule has 11 nitrogen and oxygen atoms in total. The Balaban J connectivity index is 1.11. The van der Waals surface area contributed by atoms with Crippen LogP contribution in [0.15, 0.2) is 103 Å². The van der Waals surface area contributed by atoms with E-state index in [-0.39, 0.29) is 37.4 Å². The molecule has 1 atom stereocenters. The first-order valence-electron chi connectivity index (χ1n) is 17.2. The van der Waals surface area contributed by atoms with Gasteiger partial charge < -0.3 is 34.3 Å². The van der Waals surface area contributed by atoms with E-state index in [9.17, 15) is 14.4 Å². The fourth-order valence-corrected chi connectivity index (χ4v) is 6.02. The summed E-state index contributed by atoms with van der Waals surface area (Å²) < 4.78 is 29.1. The monoisotopic (exact) mass is 703 g/mol. The van der Waals surface area contributed by atoms with Crippen molar-refractivity contribution in [1.82, 2.24) is 10.3 Å². The van der Waals surface area contributed by atoms with Crippen molar-refractivity contribution in [2.75, 3.05) is 26.1 Å². The van der Waals surface area contributed by atoms with Gasteiger partial charge in [0.2, 0.25) is 5.91 Å². The number of fused-ring (bicyclic) bond motifs is 1. The molecule has 1 heterocycles. The molecule has 268 valence electrons. The van der Waals surface area contributed by atoms with Crippen LogP contribution in [0.5, 0.6) is 28.7 Å². The summed E-state index contributed by atoms with van der Waals surface area (Å²) in [6.45, 7) is 0.0924. The Morgan fingerprint density at radius 1 is 0.808 bits per heavy atom. The molecule has 0 spiro atoms. The van der Waals surface area contributed by atoms with Crippen LogP contribution in [0, 0.1) is 0 Å². The number of carbonyl (C=O) groups is 3. The number of methoxy groups -OCH3 is 2. The molecular weight excluding hydrogens is 662 g/mol. The van der Waals surface area contributed by atoms with Crippen LogP contribution < -0.4 is 29.6 Å². The van der Waals surface area contributed by atoms with Gasteiger partial charge in [-0.2, -0.15) is 0 Å². The number of esters is 1. The second kappa shape index (κ2) is 17.2. The molecule has 5 aromatic rings. The first-order chi connectivity index (χ1) is 25.4. The number of anilines is 1. The van der Waals surface area contributed by atoms with E-state index in [2.05, 4.69) is 15.6 Å². The predicted molar refractivity (Wildman–Crippen MR) is 196 cm³/mol. The normalized spacial score (nSPS) is 13.2. The van der Waals surface area contributed by atoms with Crippen LogP contribution in [-0.2, 0) is 20.7 Å². The van der Waals surface area contributed by atoms with E-state index in [1.165, 1.54) is 7.11 Å². The van der Waals surface area contributed by atoms with Gasteiger partial charge >= 0.3 is 5.97 Å². The molecule has 0 aliphatic heterocycles. The van der Waals surface area contributed by atoms with Gasteiger partial charge in [0.15, 0.2) is 11.5 Å². The third-order valence-electron chi connectivity index (χ3n) is 8.73. The molecular formula is C41H41N3O8. The van der Waals surface area contributed by atoms with Crippen LogP contribution in [0.25, 0.3) is 10.9 Å². The molecule has 11 heteroatoms. The lowest BCUT2D eigenvalue weighted by molar-refractivity contribution is -0.153. The fourth-order valence-electron chi connectivity index (χ4n) is 6.02. The smallest absolute Gasteiger partial charge is 0.329 e. The third-order valence-corrected chi connectivity index (χ3v) is 8.73. The van der Waals surface area contributed by atoms with E-state index in [1.54, 1.807) is 80.0 Å². The topological polar surface area (TPSA) is 134 Å². The molecule has 1 aliphatic carbocycles. The highest BCUT2D eigenvalue weighted by Crippen LogP contribution is 2.37. The first kappa shape index (κ1) is 35.7. The Kier molecular flexibility index (Phi) is 11.8. The van der Waals surface area contributed by atoms with E-state index in [0.717, 1.165) is 31.2 Å². The maximum Gasteiger partial charge on any atom is 0.329 e. The average molecular weight is 704 g/mol. The Labute approximate surface area is 302 Å². The van der Waals surface area contributed by atoms with Gasteiger partial charge in [-0.3, -0.25) is 14.6 Å². The third kappa shape index (κ3) is 9.36. The van der Waals surface area contributed by atoms with Gasteiger partial charge in [-0.25, -0.2) is 4.79 Å². The quantitative estimate of drug-likeness (QED) is 0.108. The highest BCUT2D eigenvalue weighted by Gasteiger charge is 2.27. The molecule has 4 aromatic carbocycles. The number of ether oxygens (including phenoxy) is 5. The number of nitrogens with zero attached hydrogens (tertiary/aromatic N) is 1. The van der Waals surface area contributed by atoms with Crippen molar-refractivity contribution in [3.8, 4) is 28.7 Å². The molecule has 0 saturated heterocycles. The van der Waals surface area contributed by atoms with Gasteiger partial charge in [0.25, 0.3) is 5.91 Å². The number of amides is 2. The maximum atomic E-state index is 13.3. The molecule has 1 aromatic heterocycles. The van der Waals surface area contributed by atoms with Crippen molar-refractivity contribution in [1.29, 1.82) is 0 Å². The fraction of sp³-hybridized carbons (Fsp3) is 0.268. The van der Waals surface area contributed by atoms with Gasteiger partial charge in [0, 0.05) is 35.3 Å². The largest absolute Gasteiger partial charge is 0.497 e. The number of nitrogens with one attached hydrogen (secondary N) is 2. The predicted octanol–water partition coefficient (Wildman–Crippen LogP) is 7.28. The summed E-state index contributed by atoms with van der Waals surface area (Å²) in [5.74, 6) is 1.63. The Bertz CT molecular complexity index is 2000. The minimum Gasteiger partial charge on any atom is -0.497 e. The molecule has 6 rings (SSSR count). The summed E-state index contributed by atoms with van der Waals surface area (Å²) in [5.41, 5.74) is 2.56. The van der Waals surface area contributed by atoms with Crippen LogP contribution in [0.4, 0.5) is 5.69 Å². The Morgan fingerprint density at radius 2 is 1.60 bits per heavy atom. The zero-order chi connectivity index (χ0) is 36.3. The number of pyridine rings is 1. The average Bonchev–Trinajstić information content (AvgIpc) is 3.68. The highest BCUT2D eigenvalue weighted by molar-refractivity contribution is 6.04. The second-order valence-electron chi connectivity index (χ2n) is 12.4. The van der Waals surface area contributed by atoms with E-state index in [4.69, 9.17) is 23.7 Å². The van der Waals surface area contributed by atoms with Gasteiger partial charge in [-0.15, -0.1) is 0 Å². The molecule has 0 bridgehead atoms. The van der Waals surface area contributed by atoms with Crippen molar-refractivity contribution in [3.63, 3.8) is 0 Å². The lowest BCUT2D eigenvalue weighted by atomic mass is 10.1. The second-order valence-corrected chi connectivity index (χ2v) is 12.4. The van der Waals surface area contributed by atoms with Crippen LogP contribution in [0.2, 0.25) is 0 Å². The molecule has 1 unspecified atom stereocenters. The Morgan fingerprint density at radius 3 is 2.35 bits per heavy atom. The van der Waals surface area contributed by atoms with Crippen molar-refractivity contribution in [2.24, 2.45) is 0 Å². The summed E-state index contributed by atoms with van der Waals surface area (Å²) in [4.78, 5) is 43.4. The van der Waals surface area contributed by atoms with E-state index in [1.807, 2.05) is 30.3 Å². The summed E-state index contributed by atoms with van der Waals surface area (Å²) in [5, 5.41) is 6.43. The highest BCUT2D eigenvalue weighted by atomic mass is 16.5. The van der Waals surface area contributed by atoms with Gasteiger partial charge in [-0.05, 0) is 91.9 Å². The van der Waals surface area contributed by atoms with Crippen molar-refractivity contribution in [2.45, 2.75) is 50.7 Å².